The molecule has 6 radical (unpaired) electrons. The van der Waals surface area contributed by atoms with Crippen molar-refractivity contribution < 1.29 is 107 Å². The molecule has 0 aliphatic carbocycles. The van der Waals surface area contributed by atoms with E-state index < -0.39 is 0 Å². The SMILES string of the molecule is CO[SiH]O[Si]C.[Y].[Y].[Y]. The van der Waals surface area contributed by atoms with E-state index in [4.69, 9.17) is 4.12 Å². The molecule has 2 nitrogen and oxygen atoms in total. The van der Waals surface area contributed by atoms with Crippen molar-refractivity contribution in [1.82, 2.24) is 0 Å². The topological polar surface area (TPSA) is 18.5 Å². The molecule has 0 aliphatic heterocycles. The molecule has 0 aromatic heterocycles. The summed E-state index contributed by atoms with van der Waals surface area (Å²) in [6.45, 7) is 1.98. The largest absolute Gasteiger partial charge is 0.438 e. The van der Waals surface area contributed by atoms with Crippen LogP contribution in [-0.2, 0) is 107 Å². The molecule has 0 aliphatic rings. The van der Waals surface area contributed by atoms with E-state index in [9.17, 15) is 0 Å². The van der Waals surface area contributed by atoms with E-state index >= 15 is 0 Å². The van der Waals surface area contributed by atoms with Crippen molar-refractivity contribution in [3.05, 3.63) is 0 Å². The van der Waals surface area contributed by atoms with Gasteiger partial charge < -0.3 is 8.54 Å². The summed E-state index contributed by atoms with van der Waals surface area (Å²) in [5.74, 6) is 0. The van der Waals surface area contributed by atoms with Crippen molar-refractivity contribution in [2.75, 3.05) is 7.11 Å². The minimum Gasteiger partial charge on any atom is -0.438 e. The Kier molecular flexibility index (Phi) is 57.6. The second-order valence-corrected chi connectivity index (χ2v) is 2.67. The van der Waals surface area contributed by atoms with Gasteiger partial charge in [-0.2, -0.15) is 0 Å². The summed E-state index contributed by atoms with van der Waals surface area (Å²) in [6, 6.07) is 0. The molecule has 0 atom stereocenters. The van der Waals surface area contributed by atoms with E-state index in [0.29, 0.717) is 9.76 Å². The van der Waals surface area contributed by atoms with E-state index in [2.05, 4.69) is 4.43 Å². The average Bonchev–Trinajstić information content (AvgIpc) is 1.61. The first-order valence-corrected chi connectivity index (χ1v) is 3.93. The summed E-state index contributed by atoms with van der Waals surface area (Å²) in [7, 11) is 2.06. The Morgan fingerprint density at radius 2 is 1.67 bits per heavy atom. The van der Waals surface area contributed by atoms with Gasteiger partial charge in [0.1, 0.15) is 0 Å². The Bertz CT molecular complexity index is 29.8. The summed E-state index contributed by atoms with van der Waals surface area (Å²) in [4.78, 5) is 0. The Balaban J connectivity index is -0.0000000417. The van der Waals surface area contributed by atoms with Gasteiger partial charge in [0, 0.05) is 105 Å². The predicted octanol–water partition coefficient (Wildman–Crippen LogP) is -0.424. The number of hydrogen-bond acceptors (Lipinski definition) is 2. The molecule has 0 saturated carbocycles. The van der Waals surface area contributed by atoms with Crippen LogP contribution in [-0.4, -0.2) is 26.9 Å². The van der Waals surface area contributed by atoms with Gasteiger partial charge in [0.2, 0.25) is 9.76 Å². The van der Waals surface area contributed by atoms with E-state index in [1.807, 2.05) is 6.55 Å². The van der Waals surface area contributed by atoms with Gasteiger partial charge in [-0.05, 0) is 6.55 Å². The average molecular weight is 386 g/mol. The van der Waals surface area contributed by atoms with Crippen LogP contribution < -0.4 is 0 Å². The normalized spacial score (nSPS) is 6.00. The van der Waals surface area contributed by atoms with Gasteiger partial charge in [-0.1, -0.05) is 0 Å². The van der Waals surface area contributed by atoms with Crippen LogP contribution in [0.2, 0.25) is 6.55 Å². The minimum absolute atomic E-state index is 0. The Hall–Kier alpha value is 3.67. The third kappa shape index (κ3) is 24.5. The molecule has 0 unspecified atom stereocenters. The monoisotopic (exact) mass is 386 g/mol. The van der Waals surface area contributed by atoms with Gasteiger partial charge >= 0.3 is 10.0 Å². The first-order chi connectivity index (χ1) is 2.91. The minimum atomic E-state index is -0.169. The first kappa shape index (κ1) is 23.0. The van der Waals surface area contributed by atoms with Crippen LogP contribution in [0.4, 0.5) is 0 Å². The molecule has 0 rings (SSSR count). The second-order valence-electron chi connectivity index (χ2n) is 0.654. The molecular formula is C2H7O2Si2Y3. The molecule has 0 N–H and O–H groups in total. The van der Waals surface area contributed by atoms with Gasteiger partial charge in [0.05, 0.1) is 0 Å². The summed E-state index contributed by atoms with van der Waals surface area (Å²) >= 11 is 0. The standard InChI is InChI=1S/C2H7O2Si2.3Y/c1-3-6-4-5-2;;;/h6H,1-2H3;;;. The molecule has 0 fully saturated rings. The van der Waals surface area contributed by atoms with E-state index in [1.165, 1.54) is 0 Å². The van der Waals surface area contributed by atoms with Gasteiger partial charge in [-0.15, -0.1) is 0 Å². The van der Waals surface area contributed by atoms with Crippen molar-refractivity contribution >= 4 is 19.8 Å². The van der Waals surface area contributed by atoms with Gasteiger partial charge in [0.25, 0.3) is 0 Å². The van der Waals surface area contributed by atoms with E-state index in [-0.39, 0.29) is 108 Å². The Morgan fingerprint density at radius 3 is 1.78 bits per heavy atom. The molecule has 7 heteroatoms. The second kappa shape index (κ2) is 22.6. The molecule has 0 aromatic rings. The molecule has 44 valence electrons. The van der Waals surface area contributed by atoms with Crippen molar-refractivity contribution in [2.45, 2.75) is 6.55 Å². The van der Waals surface area contributed by atoms with Crippen LogP contribution in [0.5, 0.6) is 0 Å². The fourth-order valence-corrected chi connectivity index (χ4v) is 0.866. The smallest absolute Gasteiger partial charge is 0.353 e. The maximum atomic E-state index is 4.87. The van der Waals surface area contributed by atoms with Crippen molar-refractivity contribution in [3.8, 4) is 0 Å². The van der Waals surface area contributed by atoms with Crippen LogP contribution in [0, 0.1) is 0 Å². The Labute approximate surface area is 137 Å². The number of hydrogen-bond donors (Lipinski definition) is 0. The maximum Gasteiger partial charge on any atom is 0.353 e. The molecule has 0 aromatic carbocycles. The molecular weight excluding hydrogens is 379 g/mol. The number of rotatable bonds is 3. The van der Waals surface area contributed by atoms with Crippen LogP contribution >= 0.6 is 0 Å². The molecule has 0 spiro atoms. The third-order valence-electron chi connectivity index (χ3n) is 0.262. The van der Waals surface area contributed by atoms with Crippen LogP contribution in [0.15, 0.2) is 0 Å². The summed E-state index contributed by atoms with van der Waals surface area (Å²) in [5, 5.41) is 0. The zero-order chi connectivity index (χ0) is 4.83. The third-order valence-corrected chi connectivity index (χ3v) is 1.78. The van der Waals surface area contributed by atoms with Crippen LogP contribution in [0.25, 0.3) is 0 Å². The zero-order valence-corrected chi connectivity index (χ0v) is 16.3. The van der Waals surface area contributed by atoms with Crippen LogP contribution in [0.3, 0.4) is 0 Å². The molecule has 9 heavy (non-hydrogen) atoms. The van der Waals surface area contributed by atoms with Crippen molar-refractivity contribution in [3.63, 3.8) is 0 Å². The summed E-state index contributed by atoms with van der Waals surface area (Å²) < 4.78 is 9.52. The van der Waals surface area contributed by atoms with Crippen molar-refractivity contribution in [1.29, 1.82) is 0 Å². The fraction of sp³-hybridized carbons (Fsp3) is 1.00. The quantitative estimate of drug-likeness (QED) is 0.485. The predicted molar refractivity (Wildman–Crippen MR) is 26.9 cm³/mol. The van der Waals surface area contributed by atoms with Crippen LogP contribution in [0.1, 0.15) is 0 Å². The van der Waals surface area contributed by atoms with Gasteiger partial charge in [-0.3, -0.25) is 0 Å². The molecule has 0 saturated heterocycles. The van der Waals surface area contributed by atoms with Crippen molar-refractivity contribution in [2.24, 2.45) is 0 Å². The van der Waals surface area contributed by atoms with Gasteiger partial charge in [-0.25, -0.2) is 0 Å². The summed E-state index contributed by atoms with van der Waals surface area (Å²) in [5.41, 5.74) is 0. The summed E-state index contributed by atoms with van der Waals surface area (Å²) in [6.07, 6.45) is 0. The fourth-order valence-electron chi connectivity index (χ4n) is 0.0962. The maximum absolute atomic E-state index is 4.87. The molecule has 0 bridgehead atoms. The molecule has 0 heterocycles. The van der Waals surface area contributed by atoms with E-state index in [0.717, 1.165) is 0 Å². The Morgan fingerprint density at radius 1 is 1.22 bits per heavy atom. The van der Waals surface area contributed by atoms with E-state index in [1.54, 1.807) is 7.11 Å². The van der Waals surface area contributed by atoms with Gasteiger partial charge in [0.15, 0.2) is 0 Å². The first-order valence-electron chi connectivity index (χ1n) is 1.58. The molecule has 0 amide bonds. The zero-order valence-electron chi connectivity index (χ0n) is 5.63.